The number of amides is 1. The minimum absolute atomic E-state index is 0.0108. The van der Waals surface area contributed by atoms with Crippen molar-refractivity contribution in [1.29, 1.82) is 0 Å². The Labute approximate surface area is 143 Å². The van der Waals surface area contributed by atoms with Gasteiger partial charge in [0.2, 0.25) is 0 Å². The molecule has 0 bridgehead atoms. The molecule has 0 aliphatic heterocycles. The molecule has 0 saturated heterocycles. The van der Waals surface area contributed by atoms with Gasteiger partial charge in [0.15, 0.2) is 18.1 Å². The van der Waals surface area contributed by atoms with Crippen LogP contribution in [0, 0.1) is 5.92 Å². The number of hydrogen-bond acceptors (Lipinski definition) is 5. The van der Waals surface area contributed by atoms with Crippen LogP contribution in [-0.2, 0) is 9.53 Å². The lowest BCUT2D eigenvalue weighted by atomic mass is 10.1. The maximum absolute atomic E-state index is 12.1. The molecule has 1 amide bonds. The van der Waals surface area contributed by atoms with Crippen LogP contribution in [0.2, 0.25) is 0 Å². The van der Waals surface area contributed by atoms with Gasteiger partial charge in [0, 0.05) is 6.04 Å². The lowest BCUT2D eigenvalue weighted by Crippen LogP contribution is -2.38. The quantitative estimate of drug-likeness (QED) is 0.738. The fourth-order valence-electron chi connectivity index (χ4n) is 1.82. The predicted molar refractivity (Wildman–Crippen MR) is 91.5 cm³/mol. The fourth-order valence-corrected chi connectivity index (χ4v) is 1.82. The first-order valence-corrected chi connectivity index (χ1v) is 8.05. The highest BCUT2D eigenvalue weighted by Gasteiger charge is 2.16. The smallest absolute Gasteiger partial charge is 0.338 e. The van der Waals surface area contributed by atoms with Crippen LogP contribution in [-0.4, -0.2) is 37.7 Å². The molecule has 0 aliphatic carbocycles. The highest BCUT2D eigenvalue weighted by Crippen LogP contribution is 2.29. The Morgan fingerprint density at radius 1 is 1.08 bits per heavy atom. The summed E-state index contributed by atoms with van der Waals surface area (Å²) >= 11 is 0. The predicted octanol–water partition coefficient (Wildman–Crippen LogP) is 2.80. The van der Waals surface area contributed by atoms with Gasteiger partial charge in [-0.2, -0.15) is 0 Å². The SMILES string of the molecule is COc1cc(C(=O)OCC(=O)NC(C)C(C)C)ccc1OC(C)C. The van der Waals surface area contributed by atoms with E-state index in [1.807, 2.05) is 34.6 Å². The topological polar surface area (TPSA) is 73.9 Å². The van der Waals surface area contributed by atoms with Gasteiger partial charge in [0.1, 0.15) is 0 Å². The number of ether oxygens (including phenoxy) is 3. The van der Waals surface area contributed by atoms with E-state index in [1.54, 1.807) is 12.1 Å². The number of carbonyl (C=O) groups is 2. The molecule has 0 heterocycles. The zero-order chi connectivity index (χ0) is 18.3. The standard InChI is InChI=1S/C18H27NO5/c1-11(2)13(5)19-17(20)10-23-18(21)14-7-8-15(24-12(3)4)16(9-14)22-6/h7-9,11-13H,10H2,1-6H3,(H,19,20). The number of rotatable bonds is 8. The second-order valence-electron chi connectivity index (χ2n) is 6.21. The largest absolute Gasteiger partial charge is 0.493 e. The molecule has 1 unspecified atom stereocenters. The minimum Gasteiger partial charge on any atom is -0.493 e. The highest BCUT2D eigenvalue weighted by molar-refractivity contribution is 5.92. The number of nitrogens with one attached hydrogen (secondary N) is 1. The number of carbonyl (C=O) groups excluding carboxylic acids is 2. The van der Waals surface area contributed by atoms with Crippen molar-refractivity contribution in [3.63, 3.8) is 0 Å². The molecule has 0 spiro atoms. The first-order chi connectivity index (χ1) is 11.2. The first-order valence-electron chi connectivity index (χ1n) is 8.05. The van der Waals surface area contributed by atoms with Crippen molar-refractivity contribution in [2.24, 2.45) is 5.92 Å². The van der Waals surface area contributed by atoms with Gasteiger partial charge in [0.05, 0.1) is 18.8 Å². The van der Waals surface area contributed by atoms with Crippen molar-refractivity contribution >= 4 is 11.9 Å². The molecule has 24 heavy (non-hydrogen) atoms. The van der Waals surface area contributed by atoms with Crippen molar-refractivity contribution in [3.05, 3.63) is 23.8 Å². The van der Waals surface area contributed by atoms with E-state index < -0.39 is 5.97 Å². The number of benzene rings is 1. The van der Waals surface area contributed by atoms with Crippen molar-refractivity contribution < 1.29 is 23.8 Å². The molecule has 0 aromatic heterocycles. The van der Waals surface area contributed by atoms with E-state index in [1.165, 1.54) is 13.2 Å². The Hall–Kier alpha value is -2.24. The van der Waals surface area contributed by atoms with Crippen LogP contribution >= 0.6 is 0 Å². The molecular formula is C18H27NO5. The zero-order valence-corrected chi connectivity index (χ0v) is 15.2. The third-order valence-corrected chi connectivity index (χ3v) is 3.49. The first kappa shape index (κ1) is 19.8. The molecule has 1 aromatic carbocycles. The minimum atomic E-state index is -0.586. The average Bonchev–Trinajstić information content (AvgIpc) is 2.52. The summed E-state index contributed by atoms with van der Waals surface area (Å²) in [7, 11) is 1.50. The maximum atomic E-state index is 12.1. The van der Waals surface area contributed by atoms with Gasteiger partial charge >= 0.3 is 5.97 Å². The van der Waals surface area contributed by atoms with Gasteiger partial charge in [-0.25, -0.2) is 4.79 Å². The summed E-state index contributed by atoms with van der Waals surface area (Å²) in [5.41, 5.74) is 0.299. The second kappa shape index (κ2) is 9.15. The Morgan fingerprint density at radius 2 is 1.75 bits per heavy atom. The summed E-state index contributed by atoms with van der Waals surface area (Å²) in [6.45, 7) is 9.40. The number of hydrogen-bond donors (Lipinski definition) is 1. The average molecular weight is 337 g/mol. The summed E-state index contributed by atoms with van der Waals surface area (Å²) in [6, 6.07) is 4.78. The zero-order valence-electron chi connectivity index (χ0n) is 15.2. The molecule has 134 valence electrons. The molecule has 0 fully saturated rings. The fraction of sp³-hybridized carbons (Fsp3) is 0.556. The molecule has 1 atom stereocenters. The lowest BCUT2D eigenvalue weighted by molar-refractivity contribution is -0.125. The summed E-state index contributed by atoms with van der Waals surface area (Å²) < 4.78 is 15.9. The third-order valence-electron chi connectivity index (χ3n) is 3.49. The van der Waals surface area contributed by atoms with Crippen LogP contribution in [0.3, 0.4) is 0 Å². The van der Waals surface area contributed by atoms with Gasteiger partial charge in [-0.3, -0.25) is 4.79 Å². The summed E-state index contributed by atoms with van der Waals surface area (Å²) in [5.74, 6) is 0.388. The molecule has 1 rings (SSSR count). The van der Waals surface area contributed by atoms with Gasteiger partial charge in [-0.05, 0) is 44.9 Å². The van der Waals surface area contributed by atoms with Crippen molar-refractivity contribution in [1.82, 2.24) is 5.32 Å². The molecule has 1 aromatic rings. The van der Waals surface area contributed by atoms with Crippen LogP contribution < -0.4 is 14.8 Å². The lowest BCUT2D eigenvalue weighted by Gasteiger charge is -2.17. The molecule has 0 aliphatic rings. The highest BCUT2D eigenvalue weighted by atomic mass is 16.5. The van der Waals surface area contributed by atoms with Crippen LogP contribution in [0.4, 0.5) is 0 Å². The second-order valence-corrected chi connectivity index (χ2v) is 6.21. The molecule has 0 saturated carbocycles. The van der Waals surface area contributed by atoms with Crippen LogP contribution in [0.1, 0.15) is 45.0 Å². The van der Waals surface area contributed by atoms with E-state index in [0.717, 1.165) is 0 Å². The monoisotopic (exact) mass is 337 g/mol. The normalized spacial score (nSPS) is 12.0. The molecule has 1 N–H and O–H groups in total. The van der Waals surface area contributed by atoms with Gasteiger partial charge < -0.3 is 19.5 Å². The van der Waals surface area contributed by atoms with E-state index in [4.69, 9.17) is 14.2 Å². The van der Waals surface area contributed by atoms with Crippen molar-refractivity contribution in [3.8, 4) is 11.5 Å². The van der Waals surface area contributed by atoms with Gasteiger partial charge in [-0.1, -0.05) is 13.8 Å². The Bertz CT molecular complexity index is 569. The van der Waals surface area contributed by atoms with E-state index in [2.05, 4.69) is 5.32 Å². The van der Waals surface area contributed by atoms with Crippen molar-refractivity contribution in [2.75, 3.05) is 13.7 Å². The van der Waals surface area contributed by atoms with Gasteiger partial charge in [0.25, 0.3) is 5.91 Å². The summed E-state index contributed by atoms with van der Waals surface area (Å²) in [6.07, 6.45) is -0.0108. The van der Waals surface area contributed by atoms with E-state index in [0.29, 0.717) is 23.0 Å². The number of esters is 1. The van der Waals surface area contributed by atoms with Crippen LogP contribution in [0.25, 0.3) is 0 Å². The maximum Gasteiger partial charge on any atom is 0.338 e. The van der Waals surface area contributed by atoms with Crippen LogP contribution in [0.15, 0.2) is 18.2 Å². The Kier molecular flexibility index (Phi) is 7.55. The van der Waals surface area contributed by atoms with E-state index in [-0.39, 0.29) is 24.7 Å². The Balaban J connectivity index is 2.66. The summed E-state index contributed by atoms with van der Waals surface area (Å²) in [4.78, 5) is 23.8. The van der Waals surface area contributed by atoms with E-state index in [9.17, 15) is 9.59 Å². The van der Waals surface area contributed by atoms with Gasteiger partial charge in [-0.15, -0.1) is 0 Å². The molecule has 6 heteroatoms. The molecule has 6 nitrogen and oxygen atoms in total. The molecular weight excluding hydrogens is 310 g/mol. The Morgan fingerprint density at radius 3 is 2.29 bits per heavy atom. The number of methoxy groups -OCH3 is 1. The molecule has 0 radical (unpaired) electrons. The van der Waals surface area contributed by atoms with Crippen molar-refractivity contribution in [2.45, 2.75) is 46.8 Å². The van der Waals surface area contributed by atoms with Crippen LogP contribution in [0.5, 0.6) is 11.5 Å². The van der Waals surface area contributed by atoms with E-state index >= 15 is 0 Å². The summed E-state index contributed by atoms with van der Waals surface area (Å²) in [5, 5.41) is 2.78. The third kappa shape index (κ3) is 6.10.